The molecule has 1 aromatic carbocycles. The van der Waals surface area contributed by atoms with Gasteiger partial charge in [0.1, 0.15) is 21.4 Å². The fourth-order valence-electron chi connectivity index (χ4n) is 3.46. The Labute approximate surface area is 180 Å². The Bertz CT molecular complexity index is 1400. The van der Waals surface area contributed by atoms with Gasteiger partial charge in [0, 0.05) is 0 Å². The second-order valence-electron chi connectivity index (χ2n) is 7.07. The zero-order chi connectivity index (χ0) is 22.1. The van der Waals surface area contributed by atoms with E-state index in [0.717, 1.165) is 11.3 Å². The van der Waals surface area contributed by atoms with E-state index in [1.54, 1.807) is 25.1 Å². The normalized spacial score (nSPS) is 11.5. The number of nitrogens with zero attached hydrogens (tertiary/aromatic N) is 3. The summed E-state index contributed by atoms with van der Waals surface area (Å²) in [6.07, 6.45) is 0. The van der Waals surface area contributed by atoms with E-state index < -0.39 is 5.97 Å². The van der Waals surface area contributed by atoms with Gasteiger partial charge in [-0.15, -0.1) is 11.3 Å². The van der Waals surface area contributed by atoms with Gasteiger partial charge in [-0.1, -0.05) is 19.1 Å². The number of benzene rings is 1. The number of nitrogens with one attached hydrogen (secondary N) is 2. The molecule has 0 atom stereocenters. The van der Waals surface area contributed by atoms with Crippen LogP contribution in [0, 0.1) is 6.92 Å². The third kappa shape index (κ3) is 3.99. The molecule has 10 heteroatoms. The molecule has 0 amide bonds. The number of aromatic amines is 2. The van der Waals surface area contributed by atoms with Crippen molar-refractivity contribution in [2.45, 2.75) is 26.9 Å². The van der Waals surface area contributed by atoms with Crippen molar-refractivity contribution < 1.29 is 9.53 Å². The maximum absolute atomic E-state index is 12.6. The van der Waals surface area contributed by atoms with Gasteiger partial charge in [0.05, 0.1) is 36.5 Å². The number of ether oxygens (including phenoxy) is 1. The maximum atomic E-state index is 12.6. The Balaban J connectivity index is 1.63. The first kappa shape index (κ1) is 20.9. The van der Waals surface area contributed by atoms with Crippen LogP contribution in [0.1, 0.15) is 33.8 Å². The molecule has 0 radical (unpaired) electrons. The third-order valence-electron chi connectivity index (χ3n) is 5.08. The SMILES string of the molecule is CCN(Cc1nc2ccccc2c(=O)[nH]1)Cc1nc2sc(C(=O)OC)c(C)c2c(=O)[nH]1. The fraction of sp³-hybridized carbons (Fsp3) is 0.286. The van der Waals surface area contributed by atoms with Crippen LogP contribution in [0.4, 0.5) is 0 Å². The largest absolute Gasteiger partial charge is 0.465 e. The van der Waals surface area contributed by atoms with Crippen molar-refractivity contribution in [3.05, 3.63) is 67.1 Å². The van der Waals surface area contributed by atoms with E-state index in [0.29, 0.717) is 62.8 Å². The Morgan fingerprint density at radius 3 is 2.48 bits per heavy atom. The van der Waals surface area contributed by atoms with Crippen LogP contribution in [-0.4, -0.2) is 44.5 Å². The van der Waals surface area contributed by atoms with Gasteiger partial charge in [-0.2, -0.15) is 0 Å². The Kier molecular flexibility index (Phi) is 5.66. The van der Waals surface area contributed by atoms with E-state index in [4.69, 9.17) is 4.74 Å². The molecule has 0 aliphatic rings. The summed E-state index contributed by atoms with van der Waals surface area (Å²) in [5.74, 6) is 0.525. The molecule has 0 spiro atoms. The highest BCUT2D eigenvalue weighted by Gasteiger charge is 2.20. The van der Waals surface area contributed by atoms with Crippen LogP contribution in [0.3, 0.4) is 0 Å². The van der Waals surface area contributed by atoms with E-state index in [2.05, 4.69) is 19.9 Å². The number of rotatable bonds is 6. The van der Waals surface area contributed by atoms with Crippen LogP contribution < -0.4 is 11.1 Å². The lowest BCUT2D eigenvalue weighted by Gasteiger charge is -2.19. The van der Waals surface area contributed by atoms with Gasteiger partial charge >= 0.3 is 5.97 Å². The van der Waals surface area contributed by atoms with Crippen molar-refractivity contribution in [2.75, 3.05) is 13.7 Å². The number of aryl methyl sites for hydroxylation is 1. The van der Waals surface area contributed by atoms with Crippen LogP contribution in [0.5, 0.6) is 0 Å². The van der Waals surface area contributed by atoms with E-state index in [9.17, 15) is 14.4 Å². The van der Waals surface area contributed by atoms with Gasteiger partial charge in [0.25, 0.3) is 11.1 Å². The second kappa shape index (κ2) is 8.40. The molecule has 0 unspecified atom stereocenters. The quantitative estimate of drug-likeness (QED) is 0.442. The van der Waals surface area contributed by atoms with Crippen LogP contribution in [0.2, 0.25) is 0 Å². The summed E-state index contributed by atoms with van der Waals surface area (Å²) in [4.78, 5) is 54.5. The molecule has 4 aromatic rings. The van der Waals surface area contributed by atoms with E-state index >= 15 is 0 Å². The van der Waals surface area contributed by atoms with Gasteiger partial charge in [0.2, 0.25) is 0 Å². The summed E-state index contributed by atoms with van der Waals surface area (Å²) >= 11 is 1.14. The molecule has 3 aromatic heterocycles. The second-order valence-corrected chi connectivity index (χ2v) is 8.07. The highest BCUT2D eigenvalue weighted by atomic mass is 32.1. The van der Waals surface area contributed by atoms with Crippen LogP contribution in [0.15, 0.2) is 33.9 Å². The minimum atomic E-state index is -0.483. The third-order valence-corrected chi connectivity index (χ3v) is 6.24. The predicted molar refractivity (Wildman–Crippen MR) is 118 cm³/mol. The lowest BCUT2D eigenvalue weighted by atomic mass is 10.2. The number of fused-ring (bicyclic) bond motifs is 2. The summed E-state index contributed by atoms with van der Waals surface area (Å²) in [6, 6.07) is 7.17. The number of methoxy groups -OCH3 is 1. The lowest BCUT2D eigenvalue weighted by molar-refractivity contribution is 0.0605. The first-order valence-electron chi connectivity index (χ1n) is 9.72. The summed E-state index contributed by atoms with van der Waals surface area (Å²) < 4.78 is 4.79. The topological polar surface area (TPSA) is 121 Å². The number of hydrogen-bond acceptors (Lipinski definition) is 8. The standard InChI is InChI=1S/C21H21N5O4S/c1-4-26(9-14-22-13-8-6-5-7-12(13)18(27)23-14)10-15-24-19(28)16-11(2)17(21(29)30-3)31-20(16)25-15/h5-8H,4,9-10H2,1-3H3,(H,22,23,27)(H,24,25,28). The Morgan fingerprint density at radius 2 is 1.77 bits per heavy atom. The molecular weight excluding hydrogens is 418 g/mol. The number of carbonyl (C=O) groups excluding carboxylic acids is 1. The first-order chi connectivity index (χ1) is 14.9. The van der Waals surface area contributed by atoms with Crippen molar-refractivity contribution in [3.8, 4) is 0 Å². The molecule has 2 N–H and O–H groups in total. The number of thiophene rings is 1. The highest BCUT2D eigenvalue weighted by molar-refractivity contribution is 7.20. The maximum Gasteiger partial charge on any atom is 0.348 e. The smallest absolute Gasteiger partial charge is 0.348 e. The van der Waals surface area contributed by atoms with Gasteiger partial charge in [-0.05, 0) is 31.2 Å². The molecule has 0 saturated heterocycles. The zero-order valence-corrected chi connectivity index (χ0v) is 18.1. The van der Waals surface area contributed by atoms with Crippen molar-refractivity contribution in [1.29, 1.82) is 0 Å². The monoisotopic (exact) mass is 439 g/mol. The minimum absolute atomic E-state index is 0.186. The number of para-hydroxylation sites is 1. The first-order valence-corrected chi connectivity index (χ1v) is 10.5. The van der Waals surface area contributed by atoms with Gasteiger partial charge in [0.15, 0.2) is 0 Å². The van der Waals surface area contributed by atoms with Crippen molar-refractivity contribution in [3.63, 3.8) is 0 Å². The number of esters is 1. The lowest BCUT2D eigenvalue weighted by Crippen LogP contribution is -2.27. The van der Waals surface area contributed by atoms with Crippen LogP contribution in [0.25, 0.3) is 21.1 Å². The number of hydrogen-bond donors (Lipinski definition) is 2. The van der Waals surface area contributed by atoms with Crippen molar-refractivity contribution >= 4 is 38.4 Å². The van der Waals surface area contributed by atoms with Gasteiger partial charge < -0.3 is 14.7 Å². The summed E-state index contributed by atoms with van der Waals surface area (Å²) in [7, 11) is 1.31. The van der Waals surface area contributed by atoms with E-state index in [-0.39, 0.29) is 11.1 Å². The average Bonchev–Trinajstić information content (AvgIpc) is 3.09. The molecule has 0 aliphatic heterocycles. The molecule has 4 rings (SSSR count). The van der Waals surface area contributed by atoms with E-state index in [1.807, 2.05) is 17.9 Å². The van der Waals surface area contributed by atoms with Gasteiger partial charge in [-0.3, -0.25) is 14.5 Å². The molecule has 0 aliphatic carbocycles. The summed E-state index contributed by atoms with van der Waals surface area (Å²) in [5.41, 5.74) is 0.721. The fourth-order valence-corrected chi connectivity index (χ4v) is 4.58. The number of aromatic nitrogens is 4. The molecule has 160 valence electrons. The van der Waals surface area contributed by atoms with Crippen molar-refractivity contribution in [2.24, 2.45) is 0 Å². The number of carbonyl (C=O) groups is 1. The molecule has 3 heterocycles. The number of H-pyrrole nitrogens is 2. The van der Waals surface area contributed by atoms with Crippen LogP contribution in [-0.2, 0) is 17.8 Å². The molecule has 0 fully saturated rings. The molecule has 0 saturated carbocycles. The zero-order valence-electron chi connectivity index (χ0n) is 17.3. The minimum Gasteiger partial charge on any atom is -0.465 e. The Morgan fingerprint density at radius 1 is 1.10 bits per heavy atom. The summed E-state index contributed by atoms with van der Waals surface area (Å²) in [6.45, 7) is 5.06. The summed E-state index contributed by atoms with van der Waals surface area (Å²) in [5, 5.41) is 0.943. The molecule has 31 heavy (non-hydrogen) atoms. The predicted octanol–water partition coefficient (Wildman–Crippen LogP) is 2.34. The van der Waals surface area contributed by atoms with Gasteiger partial charge in [-0.25, -0.2) is 14.8 Å². The highest BCUT2D eigenvalue weighted by Crippen LogP contribution is 2.27. The van der Waals surface area contributed by atoms with E-state index in [1.165, 1.54) is 7.11 Å². The molecule has 9 nitrogen and oxygen atoms in total. The average molecular weight is 439 g/mol. The molecule has 0 bridgehead atoms. The Hall–Kier alpha value is -3.37. The molecular formula is C21H21N5O4S. The van der Waals surface area contributed by atoms with Crippen LogP contribution >= 0.6 is 11.3 Å². The van der Waals surface area contributed by atoms with Crippen molar-refractivity contribution in [1.82, 2.24) is 24.8 Å².